The zero-order valence-corrected chi connectivity index (χ0v) is 23.6. The van der Waals surface area contributed by atoms with Gasteiger partial charge in [0, 0.05) is 63.6 Å². The Bertz CT molecular complexity index is 1250. The van der Waals surface area contributed by atoms with Gasteiger partial charge in [0.05, 0.1) is 10.0 Å². The SMILES string of the molecule is CC(=O)N1CCC(C(=O)N2CC[C@@H](N(C)C(=O)c3ccc(OC(F)(F)F)cc3)[C@H](c3ccc(Cl)c(Cl)c3)C2)CC1. The maximum atomic E-state index is 13.5. The van der Waals surface area contributed by atoms with E-state index in [4.69, 9.17) is 23.2 Å². The minimum Gasteiger partial charge on any atom is -0.406 e. The third kappa shape index (κ3) is 7.01. The van der Waals surface area contributed by atoms with Gasteiger partial charge in [-0.25, -0.2) is 0 Å². The molecule has 2 aromatic carbocycles. The number of piperidine rings is 2. The zero-order chi connectivity index (χ0) is 29.2. The first-order valence-corrected chi connectivity index (χ1v) is 13.7. The molecule has 0 aromatic heterocycles. The second kappa shape index (κ2) is 12.3. The van der Waals surface area contributed by atoms with Crippen LogP contribution in [0.15, 0.2) is 42.5 Å². The Balaban J connectivity index is 1.53. The van der Waals surface area contributed by atoms with Gasteiger partial charge in [0.1, 0.15) is 5.75 Å². The lowest BCUT2D eigenvalue weighted by molar-refractivity contribution is -0.274. The van der Waals surface area contributed by atoms with Gasteiger partial charge >= 0.3 is 6.36 Å². The number of likely N-dealkylation sites (N-methyl/N-ethyl adjacent to an activating group) is 1. The number of hydrogen-bond donors (Lipinski definition) is 0. The molecule has 2 atom stereocenters. The lowest BCUT2D eigenvalue weighted by Crippen LogP contribution is -2.53. The number of likely N-dealkylation sites (tertiary alicyclic amines) is 2. The van der Waals surface area contributed by atoms with Crippen molar-refractivity contribution in [3.8, 4) is 5.75 Å². The molecule has 0 N–H and O–H groups in total. The van der Waals surface area contributed by atoms with Gasteiger partial charge < -0.3 is 19.4 Å². The van der Waals surface area contributed by atoms with Crippen LogP contribution in [0.5, 0.6) is 5.75 Å². The first-order valence-electron chi connectivity index (χ1n) is 13.0. The number of carbonyl (C=O) groups excluding carboxylic acids is 3. The van der Waals surface area contributed by atoms with Crippen molar-refractivity contribution in [1.29, 1.82) is 0 Å². The van der Waals surface area contributed by atoms with Gasteiger partial charge in [0.15, 0.2) is 0 Å². The van der Waals surface area contributed by atoms with Crippen molar-refractivity contribution in [2.24, 2.45) is 5.92 Å². The Morgan fingerprint density at radius 2 is 1.55 bits per heavy atom. The summed E-state index contributed by atoms with van der Waals surface area (Å²) >= 11 is 12.5. The lowest BCUT2D eigenvalue weighted by Gasteiger charge is -2.44. The molecule has 2 aromatic rings. The summed E-state index contributed by atoms with van der Waals surface area (Å²) in [6.45, 7) is 3.40. The molecule has 2 saturated heterocycles. The Kier molecular flexibility index (Phi) is 9.19. The molecule has 0 saturated carbocycles. The van der Waals surface area contributed by atoms with Crippen LogP contribution in [-0.4, -0.2) is 78.1 Å². The van der Waals surface area contributed by atoms with Crippen LogP contribution in [-0.2, 0) is 9.59 Å². The van der Waals surface area contributed by atoms with Gasteiger partial charge in [-0.05, 0) is 61.2 Å². The van der Waals surface area contributed by atoms with Crippen molar-refractivity contribution in [2.75, 3.05) is 33.2 Å². The third-order valence-corrected chi connectivity index (χ3v) is 8.44. The highest BCUT2D eigenvalue weighted by Gasteiger charge is 2.39. The van der Waals surface area contributed by atoms with Crippen molar-refractivity contribution in [3.05, 3.63) is 63.6 Å². The van der Waals surface area contributed by atoms with E-state index in [1.165, 1.54) is 19.1 Å². The van der Waals surface area contributed by atoms with Gasteiger partial charge in [-0.3, -0.25) is 14.4 Å². The van der Waals surface area contributed by atoms with Gasteiger partial charge in [-0.2, -0.15) is 0 Å². The molecular weight excluding hydrogens is 570 g/mol. The Labute approximate surface area is 240 Å². The summed E-state index contributed by atoms with van der Waals surface area (Å²) in [5.41, 5.74) is 1.03. The highest BCUT2D eigenvalue weighted by molar-refractivity contribution is 6.42. The smallest absolute Gasteiger partial charge is 0.406 e. The Hall–Kier alpha value is -2.98. The number of benzene rings is 2. The predicted octanol–water partition coefficient (Wildman–Crippen LogP) is 5.61. The molecule has 0 aliphatic carbocycles. The van der Waals surface area contributed by atoms with E-state index in [1.54, 1.807) is 29.0 Å². The number of ether oxygens (including phenoxy) is 1. The summed E-state index contributed by atoms with van der Waals surface area (Å²) in [6, 6.07) is 9.71. The number of carbonyl (C=O) groups is 3. The van der Waals surface area contributed by atoms with Gasteiger partial charge in [-0.1, -0.05) is 29.3 Å². The number of nitrogens with zero attached hydrogens (tertiary/aromatic N) is 3. The minimum absolute atomic E-state index is 0.00150. The molecule has 12 heteroatoms. The summed E-state index contributed by atoms with van der Waals surface area (Å²) in [4.78, 5) is 43.7. The van der Waals surface area contributed by atoms with Crippen molar-refractivity contribution in [1.82, 2.24) is 14.7 Å². The van der Waals surface area contributed by atoms with E-state index in [0.717, 1.165) is 17.7 Å². The summed E-state index contributed by atoms with van der Waals surface area (Å²) in [7, 11) is 1.65. The highest BCUT2D eigenvalue weighted by atomic mass is 35.5. The quantitative estimate of drug-likeness (QED) is 0.448. The third-order valence-electron chi connectivity index (χ3n) is 7.70. The minimum atomic E-state index is -4.83. The molecule has 3 amide bonds. The van der Waals surface area contributed by atoms with Crippen LogP contribution in [0.2, 0.25) is 10.0 Å². The molecule has 40 heavy (non-hydrogen) atoms. The van der Waals surface area contributed by atoms with Crippen LogP contribution in [0.1, 0.15) is 48.0 Å². The number of rotatable bonds is 5. The maximum absolute atomic E-state index is 13.5. The van der Waals surface area contributed by atoms with Gasteiger partial charge in [0.25, 0.3) is 5.91 Å². The van der Waals surface area contributed by atoms with Crippen LogP contribution >= 0.6 is 23.2 Å². The molecule has 0 spiro atoms. The largest absolute Gasteiger partial charge is 0.573 e. The Morgan fingerprint density at radius 1 is 0.925 bits per heavy atom. The van der Waals surface area contributed by atoms with E-state index in [-0.39, 0.29) is 41.2 Å². The molecule has 2 heterocycles. The number of hydrogen-bond acceptors (Lipinski definition) is 4. The normalized spacial score (nSPS) is 20.3. The van der Waals surface area contributed by atoms with Crippen molar-refractivity contribution in [3.63, 3.8) is 0 Å². The van der Waals surface area contributed by atoms with Crippen LogP contribution in [0.4, 0.5) is 13.2 Å². The zero-order valence-electron chi connectivity index (χ0n) is 22.1. The summed E-state index contributed by atoms with van der Waals surface area (Å²) in [6.07, 6.45) is -3.14. The molecule has 4 rings (SSSR count). The molecule has 216 valence electrons. The number of amides is 3. The maximum Gasteiger partial charge on any atom is 0.573 e. The van der Waals surface area contributed by atoms with Crippen molar-refractivity contribution >= 4 is 40.9 Å². The number of halogens is 5. The van der Waals surface area contributed by atoms with Crippen LogP contribution in [0.3, 0.4) is 0 Å². The predicted molar refractivity (Wildman–Crippen MR) is 144 cm³/mol. The van der Waals surface area contributed by atoms with Gasteiger partial charge in [0.2, 0.25) is 11.8 Å². The second-order valence-corrected chi connectivity index (χ2v) is 11.0. The van der Waals surface area contributed by atoms with E-state index in [2.05, 4.69) is 4.74 Å². The van der Waals surface area contributed by atoms with E-state index in [1.807, 2.05) is 11.0 Å². The molecule has 2 fully saturated rings. The molecule has 2 aliphatic heterocycles. The van der Waals surface area contributed by atoms with Crippen LogP contribution < -0.4 is 4.74 Å². The fraction of sp³-hybridized carbons (Fsp3) is 0.464. The molecule has 0 radical (unpaired) electrons. The van der Waals surface area contributed by atoms with E-state index in [0.29, 0.717) is 55.5 Å². The summed E-state index contributed by atoms with van der Waals surface area (Å²) in [5.74, 6) is -1.22. The Morgan fingerprint density at radius 3 is 2.12 bits per heavy atom. The molecule has 7 nitrogen and oxygen atoms in total. The monoisotopic (exact) mass is 599 g/mol. The average molecular weight is 600 g/mol. The number of alkyl halides is 3. The summed E-state index contributed by atoms with van der Waals surface area (Å²) < 4.78 is 41.5. The van der Waals surface area contributed by atoms with Crippen molar-refractivity contribution < 1.29 is 32.3 Å². The molecule has 0 bridgehead atoms. The molecule has 2 aliphatic rings. The summed E-state index contributed by atoms with van der Waals surface area (Å²) in [5, 5.41) is 0.737. The molecule has 0 unspecified atom stereocenters. The molecular formula is C28H30Cl2F3N3O4. The average Bonchev–Trinajstić information content (AvgIpc) is 2.92. The van der Waals surface area contributed by atoms with Crippen LogP contribution in [0, 0.1) is 5.92 Å². The van der Waals surface area contributed by atoms with Crippen LogP contribution in [0.25, 0.3) is 0 Å². The van der Waals surface area contributed by atoms with E-state index < -0.39 is 12.1 Å². The fourth-order valence-corrected chi connectivity index (χ4v) is 5.83. The van der Waals surface area contributed by atoms with E-state index >= 15 is 0 Å². The van der Waals surface area contributed by atoms with Gasteiger partial charge in [-0.15, -0.1) is 13.2 Å². The lowest BCUT2D eigenvalue weighted by atomic mass is 9.83. The van der Waals surface area contributed by atoms with E-state index in [9.17, 15) is 27.6 Å². The topological polar surface area (TPSA) is 70.2 Å². The standard InChI is InChI=1S/C28H30Cl2F3N3O4/c1-17(37)35-12-9-19(10-13-35)27(39)36-14-11-25(22(16-36)20-5-8-23(29)24(30)15-20)34(2)26(38)18-3-6-21(7-4-18)40-28(31,32)33/h3-8,15,19,22,25H,9-14,16H2,1-2H3/t22-,25+/m0/s1. The second-order valence-electron chi connectivity index (χ2n) is 10.2. The van der Waals surface area contributed by atoms with Crippen molar-refractivity contribution in [2.45, 2.75) is 44.5 Å². The first kappa shape index (κ1) is 30.0. The first-order chi connectivity index (χ1) is 18.8. The fourth-order valence-electron chi connectivity index (χ4n) is 5.53. The highest BCUT2D eigenvalue weighted by Crippen LogP contribution is 2.36.